The quantitative estimate of drug-likeness (QED) is 0.801. The average Bonchev–Trinajstić information content (AvgIpc) is 2.96. The summed E-state index contributed by atoms with van der Waals surface area (Å²) in [5, 5.41) is 0. The molecule has 7 heteroatoms. The number of cyclic esters (lactones) is 1. The molecular weight excluding hydrogens is 316 g/mol. The molecule has 0 bridgehead atoms. The smallest absolute Gasteiger partial charge is 0.409 e. The minimum Gasteiger partial charge on any atom is -0.448 e. The molecule has 0 aromatic heterocycles. The number of amides is 1. The maximum atomic E-state index is 12.4. The first kappa shape index (κ1) is 16.3. The number of nitrogens with one attached hydrogen (secondary N) is 1. The molecule has 23 heavy (non-hydrogen) atoms. The topological polar surface area (TPSA) is 75.7 Å². The maximum Gasteiger partial charge on any atom is 0.409 e. The van der Waals surface area contributed by atoms with E-state index in [9.17, 15) is 13.2 Å². The monoisotopic (exact) mass is 338 g/mol. The van der Waals surface area contributed by atoms with Crippen molar-refractivity contribution in [2.24, 2.45) is 0 Å². The summed E-state index contributed by atoms with van der Waals surface area (Å²) in [5.74, 6) is 0. The Labute approximate surface area is 136 Å². The van der Waals surface area contributed by atoms with Gasteiger partial charge in [0.25, 0.3) is 0 Å². The summed E-state index contributed by atoms with van der Waals surface area (Å²) in [6.45, 7) is 1.81. The van der Waals surface area contributed by atoms with Crippen molar-refractivity contribution < 1.29 is 17.9 Å². The van der Waals surface area contributed by atoms with Gasteiger partial charge in [0.1, 0.15) is 6.61 Å². The Hall–Kier alpha value is -1.60. The van der Waals surface area contributed by atoms with E-state index in [0.29, 0.717) is 37.6 Å². The van der Waals surface area contributed by atoms with E-state index in [1.54, 1.807) is 17.0 Å². The zero-order valence-corrected chi connectivity index (χ0v) is 13.9. The molecule has 1 saturated heterocycles. The highest BCUT2D eigenvalue weighted by Crippen LogP contribution is 2.24. The van der Waals surface area contributed by atoms with E-state index in [4.69, 9.17) is 4.74 Å². The standard InChI is InChI=1S/C16H22N2O4S/c19-16-18(10-11-22-16)9-3-8-17-23(20,21)15-7-6-13-4-1-2-5-14(13)12-15/h6-7,12,17H,1-5,8-11H2. The predicted molar refractivity (Wildman–Crippen MR) is 85.8 cm³/mol. The number of rotatable bonds is 6. The summed E-state index contributed by atoms with van der Waals surface area (Å²) < 4.78 is 32.2. The van der Waals surface area contributed by atoms with Gasteiger partial charge in [0, 0.05) is 13.1 Å². The van der Waals surface area contributed by atoms with E-state index in [1.807, 2.05) is 6.07 Å². The summed E-state index contributed by atoms with van der Waals surface area (Å²) in [6.07, 6.45) is 4.54. The van der Waals surface area contributed by atoms with E-state index in [2.05, 4.69) is 4.72 Å². The second-order valence-electron chi connectivity index (χ2n) is 5.99. The van der Waals surface area contributed by atoms with E-state index in [1.165, 1.54) is 12.0 Å². The third kappa shape index (κ3) is 3.84. The minimum absolute atomic E-state index is 0.309. The van der Waals surface area contributed by atoms with Gasteiger partial charge in [-0.2, -0.15) is 0 Å². The van der Waals surface area contributed by atoms with E-state index < -0.39 is 10.0 Å². The van der Waals surface area contributed by atoms with Crippen LogP contribution in [0.2, 0.25) is 0 Å². The molecule has 0 saturated carbocycles. The van der Waals surface area contributed by atoms with Crippen LogP contribution in [0, 0.1) is 0 Å². The van der Waals surface area contributed by atoms with Crippen molar-refractivity contribution in [3.05, 3.63) is 29.3 Å². The molecule has 126 valence electrons. The molecule has 2 aliphatic rings. The molecule has 1 aliphatic heterocycles. The third-order valence-electron chi connectivity index (χ3n) is 4.37. The first-order valence-electron chi connectivity index (χ1n) is 8.09. The lowest BCUT2D eigenvalue weighted by molar-refractivity contribution is 0.158. The number of carbonyl (C=O) groups excluding carboxylic acids is 1. The van der Waals surface area contributed by atoms with Gasteiger partial charge >= 0.3 is 6.09 Å². The van der Waals surface area contributed by atoms with Crippen LogP contribution in [0.1, 0.15) is 30.4 Å². The van der Waals surface area contributed by atoms with E-state index in [0.717, 1.165) is 24.8 Å². The van der Waals surface area contributed by atoms with Gasteiger partial charge in [-0.05, 0) is 55.4 Å². The van der Waals surface area contributed by atoms with Crippen molar-refractivity contribution in [1.29, 1.82) is 0 Å². The lowest BCUT2D eigenvalue weighted by Crippen LogP contribution is -2.30. The van der Waals surface area contributed by atoms with Crippen molar-refractivity contribution in [3.8, 4) is 0 Å². The average molecular weight is 338 g/mol. The van der Waals surface area contributed by atoms with E-state index >= 15 is 0 Å². The van der Waals surface area contributed by atoms with Crippen LogP contribution in [0.25, 0.3) is 0 Å². The molecular formula is C16H22N2O4S. The summed E-state index contributed by atoms with van der Waals surface area (Å²) >= 11 is 0. The Morgan fingerprint density at radius 2 is 1.96 bits per heavy atom. The predicted octanol–water partition coefficient (Wildman–Crippen LogP) is 1.69. The number of nitrogens with zero attached hydrogens (tertiary/aromatic N) is 1. The largest absolute Gasteiger partial charge is 0.448 e. The second kappa shape index (κ2) is 6.88. The Morgan fingerprint density at radius 3 is 2.70 bits per heavy atom. The first-order chi connectivity index (χ1) is 11.1. The molecule has 1 amide bonds. The number of sulfonamides is 1. The van der Waals surface area contributed by atoms with Gasteiger partial charge < -0.3 is 9.64 Å². The van der Waals surface area contributed by atoms with Gasteiger partial charge in [0.15, 0.2) is 0 Å². The molecule has 1 N–H and O–H groups in total. The highest BCUT2D eigenvalue weighted by atomic mass is 32.2. The lowest BCUT2D eigenvalue weighted by atomic mass is 9.92. The molecule has 0 radical (unpaired) electrons. The Bertz CT molecular complexity index is 687. The highest BCUT2D eigenvalue weighted by molar-refractivity contribution is 7.89. The summed E-state index contributed by atoms with van der Waals surface area (Å²) in [4.78, 5) is 13.2. The lowest BCUT2D eigenvalue weighted by Gasteiger charge is -2.17. The molecule has 1 heterocycles. The van der Waals surface area contributed by atoms with Gasteiger partial charge in [-0.3, -0.25) is 0 Å². The first-order valence-corrected chi connectivity index (χ1v) is 9.58. The van der Waals surface area contributed by atoms with Crippen LogP contribution in [0.4, 0.5) is 4.79 Å². The fourth-order valence-electron chi connectivity index (χ4n) is 3.07. The van der Waals surface area contributed by atoms with Crippen molar-refractivity contribution in [1.82, 2.24) is 9.62 Å². The van der Waals surface area contributed by atoms with Crippen LogP contribution in [-0.2, 0) is 27.6 Å². The van der Waals surface area contributed by atoms with Crippen LogP contribution < -0.4 is 4.72 Å². The maximum absolute atomic E-state index is 12.4. The highest BCUT2D eigenvalue weighted by Gasteiger charge is 2.21. The number of hydrogen-bond acceptors (Lipinski definition) is 4. The molecule has 3 rings (SSSR count). The zero-order chi connectivity index (χ0) is 16.3. The molecule has 6 nitrogen and oxygen atoms in total. The van der Waals surface area contributed by atoms with Crippen LogP contribution in [-0.4, -0.2) is 45.7 Å². The number of carbonyl (C=O) groups is 1. The minimum atomic E-state index is -3.49. The van der Waals surface area contributed by atoms with E-state index in [-0.39, 0.29) is 6.09 Å². The Morgan fingerprint density at radius 1 is 1.17 bits per heavy atom. The third-order valence-corrected chi connectivity index (χ3v) is 5.83. The van der Waals surface area contributed by atoms with Crippen molar-refractivity contribution in [3.63, 3.8) is 0 Å². The summed E-state index contributed by atoms with van der Waals surface area (Å²) in [6, 6.07) is 5.42. The van der Waals surface area contributed by atoms with Crippen molar-refractivity contribution in [2.45, 2.75) is 37.0 Å². The van der Waals surface area contributed by atoms with Crippen LogP contribution in [0.15, 0.2) is 23.1 Å². The Kier molecular flexibility index (Phi) is 4.87. The number of ether oxygens (including phenoxy) is 1. The molecule has 1 aliphatic carbocycles. The van der Waals surface area contributed by atoms with Crippen molar-refractivity contribution in [2.75, 3.05) is 26.2 Å². The fourth-order valence-corrected chi connectivity index (χ4v) is 4.19. The fraction of sp³-hybridized carbons (Fsp3) is 0.562. The molecule has 0 spiro atoms. The zero-order valence-electron chi connectivity index (χ0n) is 13.1. The molecule has 0 atom stereocenters. The van der Waals surface area contributed by atoms with Crippen LogP contribution in [0.5, 0.6) is 0 Å². The van der Waals surface area contributed by atoms with Gasteiger partial charge in [0.2, 0.25) is 10.0 Å². The van der Waals surface area contributed by atoms with Gasteiger partial charge in [0.05, 0.1) is 11.4 Å². The summed E-state index contributed by atoms with van der Waals surface area (Å²) in [5.41, 5.74) is 2.42. The van der Waals surface area contributed by atoms with Crippen LogP contribution in [0.3, 0.4) is 0 Å². The van der Waals surface area contributed by atoms with Gasteiger partial charge in [-0.1, -0.05) is 6.07 Å². The van der Waals surface area contributed by atoms with Gasteiger partial charge in [-0.15, -0.1) is 0 Å². The number of benzene rings is 1. The number of aryl methyl sites for hydroxylation is 2. The van der Waals surface area contributed by atoms with Crippen molar-refractivity contribution >= 4 is 16.1 Å². The number of hydrogen-bond donors (Lipinski definition) is 1. The molecule has 0 unspecified atom stereocenters. The molecule has 1 aromatic carbocycles. The molecule has 1 aromatic rings. The Balaban J connectivity index is 1.55. The number of fused-ring (bicyclic) bond motifs is 1. The second-order valence-corrected chi connectivity index (χ2v) is 7.76. The normalized spacial score (nSPS) is 17.9. The molecule has 1 fully saturated rings. The SMILES string of the molecule is O=C1OCCN1CCCNS(=O)(=O)c1ccc2c(c1)CCCC2. The van der Waals surface area contributed by atoms with Gasteiger partial charge in [-0.25, -0.2) is 17.9 Å². The van der Waals surface area contributed by atoms with Crippen LogP contribution >= 0.6 is 0 Å². The summed E-state index contributed by atoms with van der Waals surface area (Å²) in [7, 11) is -3.49.